The Hall–Kier alpha value is -1.35. The van der Waals surface area contributed by atoms with Crippen LogP contribution in [0.25, 0.3) is 0 Å². The first-order chi connectivity index (χ1) is 8.86. The number of hydrogen-bond acceptors (Lipinski definition) is 3. The van der Waals surface area contributed by atoms with E-state index < -0.39 is 5.72 Å². The number of aliphatic hydroxyl groups is 1. The van der Waals surface area contributed by atoms with Gasteiger partial charge in [-0.15, -0.1) is 0 Å². The molecule has 1 rings (SSSR count). The molecule has 0 amide bonds. The first-order valence-electron chi connectivity index (χ1n) is 6.96. The van der Waals surface area contributed by atoms with Gasteiger partial charge < -0.3 is 10.2 Å². The van der Waals surface area contributed by atoms with Crippen LogP contribution in [0.5, 0.6) is 5.75 Å². The molecule has 2 N–H and O–H groups in total. The van der Waals surface area contributed by atoms with Gasteiger partial charge in [-0.3, -0.25) is 4.99 Å². The van der Waals surface area contributed by atoms with Crippen LogP contribution in [0, 0.1) is 5.41 Å². The molecule has 0 unspecified atom stereocenters. The van der Waals surface area contributed by atoms with E-state index in [2.05, 4.69) is 4.99 Å². The van der Waals surface area contributed by atoms with Gasteiger partial charge >= 0.3 is 0 Å². The second-order valence-electron chi connectivity index (χ2n) is 7.52. The molecule has 0 aromatic heterocycles. The number of para-hydroxylation sites is 1. The average molecular weight is 277 g/mol. The molecule has 0 aliphatic heterocycles. The summed E-state index contributed by atoms with van der Waals surface area (Å²) in [5, 5.41) is 20.7. The van der Waals surface area contributed by atoms with Crippen LogP contribution < -0.4 is 0 Å². The van der Waals surface area contributed by atoms with E-state index in [-0.39, 0.29) is 16.6 Å². The van der Waals surface area contributed by atoms with Gasteiger partial charge in [0.25, 0.3) is 0 Å². The second kappa shape index (κ2) is 5.21. The minimum Gasteiger partial charge on any atom is -0.507 e. The largest absolute Gasteiger partial charge is 0.507 e. The molecule has 112 valence electrons. The van der Waals surface area contributed by atoms with E-state index in [1.54, 1.807) is 19.2 Å². The third-order valence-electron chi connectivity index (χ3n) is 3.75. The van der Waals surface area contributed by atoms with Crippen LogP contribution in [0.3, 0.4) is 0 Å². The lowest BCUT2D eigenvalue weighted by atomic mass is 9.84. The van der Waals surface area contributed by atoms with E-state index >= 15 is 0 Å². The molecule has 0 saturated carbocycles. The lowest BCUT2D eigenvalue weighted by molar-refractivity contribution is -0.0323. The van der Waals surface area contributed by atoms with Gasteiger partial charge in [0.1, 0.15) is 5.75 Å². The second-order valence-corrected chi connectivity index (χ2v) is 7.52. The minimum atomic E-state index is -1.18. The van der Waals surface area contributed by atoms with Crippen LogP contribution in [0.4, 0.5) is 0 Å². The number of phenolic OH excluding ortho intramolecular Hbond substituents is 1. The van der Waals surface area contributed by atoms with E-state index in [9.17, 15) is 10.2 Å². The number of rotatable bonds is 2. The SMILES string of the molecule is CC(C)(C)c1cccc(C=N[C@](C)(O)C(C)(C)C)c1O. The smallest absolute Gasteiger partial charge is 0.157 e. The van der Waals surface area contributed by atoms with Gasteiger partial charge in [0, 0.05) is 17.2 Å². The van der Waals surface area contributed by atoms with Crippen molar-refractivity contribution in [3.63, 3.8) is 0 Å². The predicted octanol–water partition coefficient (Wildman–Crippen LogP) is 3.86. The Kier molecular flexibility index (Phi) is 4.35. The van der Waals surface area contributed by atoms with Crippen molar-refractivity contribution in [2.75, 3.05) is 0 Å². The highest BCUT2D eigenvalue weighted by molar-refractivity contribution is 5.84. The number of aromatic hydroxyl groups is 1. The van der Waals surface area contributed by atoms with Gasteiger partial charge in [-0.05, 0) is 24.0 Å². The van der Waals surface area contributed by atoms with Gasteiger partial charge in [0.05, 0.1) is 0 Å². The van der Waals surface area contributed by atoms with Crippen LogP contribution in [0.1, 0.15) is 59.6 Å². The van der Waals surface area contributed by atoms with Crippen LogP contribution in [0.15, 0.2) is 23.2 Å². The average Bonchev–Trinajstić information content (AvgIpc) is 2.24. The molecule has 0 aliphatic carbocycles. The summed E-state index contributed by atoms with van der Waals surface area (Å²) in [6.07, 6.45) is 1.55. The van der Waals surface area contributed by atoms with Gasteiger partial charge in [0.2, 0.25) is 0 Å². The summed E-state index contributed by atoms with van der Waals surface area (Å²) in [4.78, 5) is 4.25. The first-order valence-corrected chi connectivity index (χ1v) is 6.96. The molecule has 0 saturated heterocycles. The van der Waals surface area contributed by atoms with Crippen LogP contribution in [-0.2, 0) is 5.41 Å². The summed E-state index contributed by atoms with van der Waals surface area (Å²) in [6, 6.07) is 5.61. The zero-order valence-corrected chi connectivity index (χ0v) is 13.7. The molecular weight excluding hydrogens is 250 g/mol. The van der Waals surface area contributed by atoms with Crippen molar-refractivity contribution >= 4 is 6.21 Å². The lowest BCUT2D eigenvalue weighted by Crippen LogP contribution is -2.37. The fourth-order valence-electron chi connectivity index (χ4n) is 1.66. The molecule has 1 aromatic rings. The third-order valence-corrected chi connectivity index (χ3v) is 3.75. The standard InChI is InChI=1S/C17H27NO2/c1-15(2,3)13-10-8-9-12(14(13)19)11-18-17(7,20)16(4,5)6/h8-11,19-20H,1-7H3/t17-/m1/s1. The molecule has 3 nitrogen and oxygen atoms in total. The highest BCUT2D eigenvalue weighted by atomic mass is 16.3. The van der Waals surface area contributed by atoms with Crippen molar-refractivity contribution in [1.82, 2.24) is 0 Å². The van der Waals surface area contributed by atoms with E-state index in [1.807, 2.05) is 53.7 Å². The Labute approximate surface area is 122 Å². The molecule has 0 radical (unpaired) electrons. The van der Waals surface area contributed by atoms with Crippen molar-refractivity contribution in [3.8, 4) is 5.75 Å². The molecule has 0 aliphatic rings. The maximum Gasteiger partial charge on any atom is 0.157 e. The van der Waals surface area contributed by atoms with Crippen molar-refractivity contribution in [1.29, 1.82) is 0 Å². The highest BCUT2D eigenvalue weighted by Gasteiger charge is 2.34. The highest BCUT2D eigenvalue weighted by Crippen LogP contribution is 2.34. The van der Waals surface area contributed by atoms with Gasteiger partial charge in [0.15, 0.2) is 5.72 Å². The number of aliphatic imine (C=N–C) groups is 1. The van der Waals surface area contributed by atoms with Crippen LogP contribution in [0.2, 0.25) is 0 Å². The van der Waals surface area contributed by atoms with Crippen LogP contribution >= 0.6 is 0 Å². The monoisotopic (exact) mass is 277 g/mol. The Bertz CT molecular complexity index is 503. The molecule has 0 heterocycles. The number of phenols is 1. The molecule has 1 atom stereocenters. The molecule has 1 aromatic carbocycles. The molecular formula is C17H27NO2. The molecule has 0 bridgehead atoms. The van der Waals surface area contributed by atoms with E-state index in [1.165, 1.54) is 0 Å². The van der Waals surface area contributed by atoms with E-state index in [0.717, 1.165) is 5.56 Å². The fourth-order valence-corrected chi connectivity index (χ4v) is 1.66. The van der Waals surface area contributed by atoms with Crippen molar-refractivity contribution < 1.29 is 10.2 Å². The van der Waals surface area contributed by atoms with Gasteiger partial charge in [-0.2, -0.15) is 0 Å². The van der Waals surface area contributed by atoms with Crippen LogP contribution in [-0.4, -0.2) is 22.2 Å². The van der Waals surface area contributed by atoms with Crippen molar-refractivity contribution in [2.24, 2.45) is 10.4 Å². The minimum absolute atomic E-state index is 0.138. The Balaban J connectivity index is 3.18. The maximum absolute atomic E-state index is 10.4. The normalized spacial score (nSPS) is 16.4. The Morgan fingerprint density at radius 1 is 1.00 bits per heavy atom. The van der Waals surface area contributed by atoms with Crippen molar-refractivity contribution in [2.45, 2.75) is 59.6 Å². The Morgan fingerprint density at radius 3 is 2.00 bits per heavy atom. The van der Waals surface area contributed by atoms with Gasteiger partial charge in [-0.1, -0.05) is 53.7 Å². The van der Waals surface area contributed by atoms with Crippen molar-refractivity contribution in [3.05, 3.63) is 29.3 Å². The summed E-state index contributed by atoms with van der Waals surface area (Å²) in [6.45, 7) is 13.6. The zero-order chi connectivity index (χ0) is 15.8. The summed E-state index contributed by atoms with van der Waals surface area (Å²) >= 11 is 0. The van der Waals surface area contributed by atoms with E-state index in [4.69, 9.17) is 0 Å². The number of hydrogen-bond donors (Lipinski definition) is 2. The molecule has 0 spiro atoms. The maximum atomic E-state index is 10.4. The molecule has 0 fully saturated rings. The first kappa shape index (κ1) is 16.7. The summed E-state index contributed by atoms with van der Waals surface area (Å²) < 4.78 is 0. The van der Waals surface area contributed by atoms with E-state index in [0.29, 0.717) is 5.56 Å². The topological polar surface area (TPSA) is 52.8 Å². The molecule has 3 heteroatoms. The predicted molar refractivity (Wildman–Crippen MR) is 84.5 cm³/mol. The lowest BCUT2D eigenvalue weighted by Gasteiger charge is -2.33. The third kappa shape index (κ3) is 3.60. The molecule has 20 heavy (non-hydrogen) atoms. The van der Waals surface area contributed by atoms with Gasteiger partial charge in [-0.25, -0.2) is 0 Å². The summed E-state index contributed by atoms with van der Waals surface area (Å²) in [5.41, 5.74) is -0.197. The summed E-state index contributed by atoms with van der Waals surface area (Å²) in [5.74, 6) is 0.230. The summed E-state index contributed by atoms with van der Waals surface area (Å²) in [7, 11) is 0. The number of benzene rings is 1. The fraction of sp³-hybridized carbons (Fsp3) is 0.588. The number of nitrogens with zero attached hydrogens (tertiary/aromatic N) is 1. The quantitative estimate of drug-likeness (QED) is 0.806. The Morgan fingerprint density at radius 2 is 1.55 bits per heavy atom. The zero-order valence-electron chi connectivity index (χ0n) is 13.7.